The summed E-state index contributed by atoms with van der Waals surface area (Å²) in [5.41, 5.74) is 0.779. The van der Waals surface area contributed by atoms with E-state index in [1.54, 1.807) is 5.38 Å². The average molecular weight is 328 g/mol. The number of rotatable bonds is 6. The molecule has 0 aliphatic heterocycles. The van der Waals surface area contributed by atoms with Gasteiger partial charge in [-0.2, -0.15) is 17.5 Å². The number of nitrogens with one attached hydrogen (secondary N) is 1. The molecule has 0 amide bonds. The Kier molecular flexibility index (Phi) is 4.43. The molecule has 4 nitrogen and oxygen atoms in total. The van der Waals surface area contributed by atoms with Gasteiger partial charge in [0.2, 0.25) is 0 Å². The molecule has 1 fully saturated rings. The summed E-state index contributed by atoms with van der Waals surface area (Å²) >= 11 is 0.946. The van der Waals surface area contributed by atoms with Crippen LogP contribution < -0.4 is 5.32 Å². The molecule has 1 saturated carbocycles. The number of thiophene rings is 1. The summed E-state index contributed by atoms with van der Waals surface area (Å²) in [6, 6.07) is 1.92. The van der Waals surface area contributed by atoms with E-state index >= 15 is 0 Å². The second-order valence-electron chi connectivity index (χ2n) is 4.81. The summed E-state index contributed by atoms with van der Waals surface area (Å²) in [5, 5.41) is 4.88. The maximum atomic E-state index is 12.3. The van der Waals surface area contributed by atoms with Crippen LogP contribution in [-0.4, -0.2) is 38.5 Å². The second kappa shape index (κ2) is 5.63. The number of alkyl halides is 3. The van der Waals surface area contributed by atoms with E-state index in [1.165, 1.54) is 6.07 Å². The van der Waals surface area contributed by atoms with E-state index in [-0.39, 0.29) is 4.21 Å². The van der Waals surface area contributed by atoms with Crippen molar-refractivity contribution >= 4 is 21.4 Å². The molecule has 1 heterocycles. The fourth-order valence-corrected chi connectivity index (χ4v) is 4.20. The van der Waals surface area contributed by atoms with Crippen molar-refractivity contribution in [3.05, 3.63) is 17.0 Å². The van der Waals surface area contributed by atoms with Crippen LogP contribution in [0.4, 0.5) is 13.2 Å². The lowest BCUT2D eigenvalue weighted by Gasteiger charge is -2.17. The number of nitrogens with zero attached hydrogens (tertiary/aromatic N) is 1. The van der Waals surface area contributed by atoms with Gasteiger partial charge in [0.1, 0.15) is 10.8 Å². The van der Waals surface area contributed by atoms with Crippen molar-refractivity contribution in [2.24, 2.45) is 0 Å². The molecule has 1 aliphatic rings. The van der Waals surface area contributed by atoms with Gasteiger partial charge >= 0.3 is 6.18 Å². The first-order chi connectivity index (χ1) is 9.18. The van der Waals surface area contributed by atoms with Gasteiger partial charge in [-0.05, 0) is 29.9 Å². The number of hydrogen-bond donors (Lipinski definition) is 1. The predicted molar refractivity (Wildman–Crippen MR) is 70.1 cm³/mol. The highest BCUT2D eigenvalue weighted by molar-refractivity contribution is 7.91. The lowest BCUT2D eigenvalue weighted by molar-refractivity contribution is -0.134. The van der Waals surface area contributed by atoms with E-state index in [0.29, 0.717) is 16.9 Å². The third kappa shape index (κ3) is 4.18. The Bertz CT molecular complexity index is 564. The maximum Gasteiger partial charge on any atom is 0.402 e. The normalized spacial score (nSPS) is 16.9. The number of sulfonamides is 1. The predicted octanol–water partition coefficient (Wildman–Crippen LogP) is 2.18. The molecule has 0 bridgehead atoms. The van der Waals surface area contributed by atoms with Crippen LogP contribution in [0.15, 0.2) is 15.7 Å². The molecular weight excluding hydrogens is 313 g/mol. The van der Waals surface area contributed by atoms with Crippen LogP contribution >= 0.6 is 11.3 Å². The quantitative estimate of drug-likeness (QED) is 0.871. The van der Waals surface area contributed by atoms with Gasteiger partial charge in [0.15, 0.2) is 0 Å². The molecule has 0 spiro atoms. The van der Waals surface area contributed by atoms with Crippen LogP contribution in [0.25, 0.3) is 0 Å². The van der Waals surface area contributed by atoms with Gasteiger partial charge in [0.25, 0.3) is 10.0 Å². The molecule has 0 aromatic carbocycles. The van der Waals surface area contributed by atoms with Crippen molar-refractivity contribution in [1.82, 2.24) is 9.62 Å². The summed E-state index contributed by atoms with van der Waals surface area (Å²) in [4.78, 5) is 0. The standard InChI is InChI=1S/C11H15F3N2O2S2/c1-16(7-11(12,13)14)20(17,18)10-4-8(6-19-10)5-15-9-2-3-9/h4,6,9,15H,2-3,5,7H2,1H3. The van der Waals surface area contributed by atoms with Crippen molar-refractivity contribution in [3.63, 3.8) is 0 Å². The van der Waals surface area contributed by atoms with Gasteiger partial charge < -0.3 is 5.32 Å². The van der Waals surface area contributed by atoms with Crippen LogP contribution in [-0.2, 0) is 16.6 Å². The Balaban J connectivity index is 2.04. The van der Waals surface area contributed by atoms with Crippen molar-refractivity contribution in [1.29, 1.82) is 0 Å². The van der Waals surface area contributed by atoms with Crippen LogP contribution in [0, 0.1) is 0 Å². The zero-order valence-corrected chi connectivity index (χ0v) is 12.4. The largest absolute Gasteiger partial charge is 0.402 e. The monoisotopic (exact) mass is 328 g/mol. The molecule has 0 radical (unpaired) electrons. The number of hydrogen-bond acceptors (Lipinski definition) is 4. The Hall–Kier alpha value is -0.640. The zero-order valence-electron chi connectivity index (χ0n) is 10.8. The molecule has 114 valence electrons. The van der Waals surface area contributed by atoms with E-state index in [1.807, 2.05) is 0 Å². The molecule has 9 heteroatoms. The number of halogens is 3. The fraction of sp³-hybridized carbons (Fsp3) is 0.636. The van der Waals surface area contributed by atoms with Gasteiger partial charge in [0.05, 0.1) is 0 Å². The zero-order chi connectivity index (χ0) is 15.0. The lowest BCUT2D eigenvalue weighted by Crippen LogP contribution is -2.35. The van der Waals surface area contributed by atoms with Crippen molar-refractivity contribution in [2.75, 3.05) is 13.6 Å². The lowest BCUT2D eigenvalue weighted by atomic mass is 10.3. The van der Waals surface area contributed by atoms with E-state index in [9.17, 15) is 21.6 Å². The summed E-state index contributed by atoms with van der Waals surface area (Å²) in [6.07, 6.45) is -2.32. The van der Waals surface area contributed by atoms with Crippen molar-refractivity contribution in [2.45, 2.75) is 35.8 Å². The molecule has 1 aliphatic carbocycles. The molecule has 1 aromatic heterocycles. The Morgan fingerprint density at radius 2 is 2.10 bits per heavy atom. The first-order valence-electron chi connectivity index (χ1n) is 6.02. The van der Waals surface area contributed by atoms with E-state index in [0.717, 1.165) is 36.8 Å². The molecule has 20 heavy (non-hydrogen) atoms. The molecule has 1 aromatic rings. The molecule has 1 N–H and O–H groups in total. The van der Waals surface area contributed by atoms with Gasteiger partial charge in [-0.3, -0.25) is 0 Å². The summed E-state index contributed by atoms with van der Waals surface area (Å²) in [6.45, 7) is -0.942. The van der Waals surface area contributed by atoms with Crippen molar-refractivity contribution < 1.29 is 21.6 Å². The smallest absolute Gasteiger partial charge is 0.310 e. The first-order valence-corrected chi connectivity index (χ1v) is 8.34. The minimum atomic E-state index is -4.55. The Morgan fingerprint density at radius 1 is 1.45 bits per heavy atom. The van der Waals surface area contributed by atoms with Crippen LogP contribution in [0.3, 0.4) is 0 Å². The highest BCUT2D eigenvalue weighted by atomic mass is 32.2. The van der Waals surface area contributed by atoms with Crippen molar-refractivity contribution in [3.8, 4) is 0 Å². The molecule has 0 atom stereocenters. The van der Waals surface area contributed by atoms with Crippen LogP contribution in [0.1, 0.15) is 18.4 Å². The minimum absolute atomic E-state index is 0.0585. The molecule has 0 unspecified atom stereocenters. The SMILES string of the molecule is CN(CC(F)(F)F)S(=O)(=O)c1cc(CNC2CC2)cs1. The third-order valence-electron chi connectivity index (χ3n) is 2.87. The van der Waals surface area contributed by atoms with Gasteiger partial charge in [-0.1, -0.05) is 0 Å². The van der Waals surface area contributed by atoms with Gasteiger partial charge in [0, 0.05) is 19.6 Å². The molecular formula is C11H15F3N2O2S2. The average Bonchev–Trinajstić information content (AvgIpc) is 3.01. The van der Waals surface area contributed by atoms with Crippen LogP contribution in [0.2, 0.25) is 0 Å². The molecule has 0 saturated heterocycles. The summed E-state index contributed by atoms with van der Waals surface area (Å²) < 4.78 is 61.0. The van der Waals surface area contributed by atoms with E-state index in [4.69, 9.17) is 0 Å². The van der Waals surface area contributed by atoms with Gasteiger partial charge in [-0.25, -0.2) is 8.42 Å². The Labute approximate surface area is 119 Å². The summed E-state index contributed by atoms with van der Waals surface area (Å²) in [7, 11) is -3.14. The highest BCUT2D eigenvalue weighted by Crippen LogP contribution is 2.26. The topological polar surface area (TPSA) is 49.4 Å². The van der Waals surface area contributed by atoms with Crippen LogP contribution in [0.5, 0.6) is 0 Å². The third-order valence-corrected chi connectivity index (χ3v) is 6.14. The van der Waals surface area contributed by atoms with Gasteiger partial charge in [-0.15, -0.1) is 11.3 Å². The maximum absolute atomic E-state index is 12.3. The molecule has 2 rings (SSSR count). The Morgan fingerprint density at radius 3 is 2.65 bits per heavy atom. The first kappa shape index (κ1) is 15.7. The summed E-state index contributed by atoms with van der Waals surface area (Å²) in [5.74, 6) is 0. The highest BCUT2D eigenvalue weighted by Gasteiger charge is 2.35. The van der Waals surface area contributed by atoms with E-state index < -0.39 is 22.7 Å². The fourth-order valence-electron chi connectivity index (χ4n) is 1.62. The van der Waals surface area contributed by atoms with E-state index in [2.05, 4.69) is 5.32 Å². The second-order valence-corrected chi connectivity index (χ2v) is 7.99. The minimum Gasteiger partial charge on any atom is -0.310 e.